The van der Waals surface area contributed by atoms with Crippen LogP contribution in [0.4, 0.5) is 8.78 Å². The molecule has 4 rings (SSSR count). The predicted molar refractivity (Wildman–Crippen MR) is 147 cm³/mol. The van der Waals surface area contributed by atoms with Crippen molar-refractivity contribution in [2.24, 2.45) is 7.05 Å². The number of aliphatic carboxylic acids is 1. The molecule has 0 bridgehead atoms. The van der Waals surface area contributed by atoms with E-state index in [1.54, 1.807) is 13.1 Å². The van der Waals surface area contributed by atoms with Gasteiger partial charge >= 0.3 is 5.97 Å². The number of aryl methyl sites for hydroxylation is 1. The van der Waals surface area contributed by atoms with Crippen molar-refractivity contribution in [3.05, 3.63) is 83.2 Å². The minimum Gasteiger partial charge on any atom is -0.481 e. The number of rotatable bonds is 8. The third kappa shape index (κ3) is 6.34. The molecule has 2 amide bonds. The monoisotopic (exact) mass is 603 g/mol. The van der Waals surface area contributed by atoms with E-state index < -0.39 is 63.5 Å². The van der Waals surface area contributed by atoms with Crippen LogP contribution in [-0.4, -0.2) is 69.5 Å². The fourth-order valence-corrected chi connectivity index (χ4v) is 6.18. The van der Waals surface area contributed by atoms with E-state index in [-0.39, 0.29) is 29.2 Å². The molecule has 0 aliphatic carbocycles. The van der Waals surface area contributed by atoms with Crippen LogP contribution in [0.3, 0.4) is 0 Å². The van der Waals surface area contributed by atoms with Gasteiger partial charge in [-0.15, -0.1) is 0 Å². The maximum atomic E-state index is 13.9. The Kier molecular flexibility index (Phi) is 8.51. The van der Waals surface area contributed by atoms with E-state index in [0.29, 0.717) is 5.69 Å². The number of aromatic nitrogens is 2. The molecule has 0 saturated carbocycles. The van der Waals surface area contributed by atoms with E-state index in [1.165, 1.54) is 16.8 Å². The second-order valence-corrected chi connectivity index (χ2v) is 12.8. The van der Waals surface area contributed by atoms with Crippen LogP contribution in [0.15, 0.2) is 59.5 Å². The highest BCUT2D eigenvalue weighted by Gasteiger charge is 2.47. The quantitative estimate of drug-likeness (QED) is 0.403. The number of halogens is 2. The average Bonchev–Trinajstić information content (AvgIpc) is 3.53. The Hall–Kier alpha value is -4.17. The summed E-state index contributed by atoms with van der Waals surface area (Å²) in [7, 11) is -2.88. The minimum atomic E-state index is -4.43. The molecule has 11 nitrogen and oxygen atoms in total. The zero-order chi connectivity index (χ0) is 31.0. The standard InChI is InChI=1S/C28H31F2N5O6S/c1-28(2,3)23-16-22(33(4)32-23)27(39)34-13-14-35(42(40,41)20-11-9-19(30)10-12-20)26(34)25(38)31-21(15-24(36)37)17-5-7-18(29)8-6-17/h5-12,16,21,26H,13-15H2,1-4H3,(H,31,38)(H,36,37). The zero-order valence-electron chi connectivity index (χ0n) is 23.4. The van der Waals surface area contributed by atoms with Gasteiger partial charge in [0.05, 0.1) is 23.1 Å². The molecule has 0 radical (unpaired) electrons. The smallest absolute Gasteiger partial charge is 0.305 e. The number of nitrogens with zero attached hydrogens (tertiary/aromatic N) is 4. The van der Waals surface area contributed by atoms with Crippen molar-refractivity contribution in [3.8, 4) is 0 Å². The van der Waals surface area contributed by atoms with Gasteiger partial charge in [-0.25, -0.2) is 17.2 Å². The SMILES string of the molecule is Cn1nc(C(C)(C)C)cc1C(=O)N1CCN(S(=O)(=O)c2ccc(F)cc2)C1C(=O)NC(CC(=O)O)c1ccc(F)cc1. The van der Waals surface area contributed by atoms with Crippen LogP contribution in [0.5, 0.6) is 0 Å². The summed E-state index contributed by atoms with van der Waals surface area (Å²) in [5, 5.41) is 16.4. The zero-order valence-corrected chi connectivity index (χ0v) is 24.2. The second-order valence-electron chi connectivity index (χ2n) is 10.9. The second kappa shape index (κ2) is 11.6. The fraction of sp³-hybridized carbons (Fsp3) is 0.357. The van der Waals surface area contributed by atoms with Crippen molar-refractivity contribution in [3.63, 3.8) is 0 Å². The topological polar surface area (TPSA) is 142 Å². The third-order valence-electron chi connectivity index (χ3n) is 6.88. The minimum absolute atomic E-state index is 0.111. The molecule has 1 aromatic heterocycles. The molecule has 224 valence electrons. The maximum absolute atomic E-state index is 13.9. The predicted octanol–water partition coefficient (Wildman–Crippen LogP) is 2.80. The van der Waals surface area contributed by atoms with Crippen molar-refractivity contribution < 1.29 is 36.7 Å². The largest absolute Gasteiger partial charge is 0.481 e. The number of hydrogen-bond acceptors (Lipinski definition) is 6. The molecule has 42 heavy (non-hydrogen) atoms. The Morgan fingerprint density at radius 1 is 1.02 bits per heavy atom. The first-order valence-electron chi connectivity index (χ1n) is 13.0. The van der Waals surface area contributed by atoms with Crippen molar-refractivity contribution >= 4 is 27.8 Å². The van der Waals surface area contributed by atoms with Crippen LogP contribution in [0.25, 0.3) is 0 Å². The van der Waals surface area contributed by atoms with Crippen LogP contribution in [0.2, 0.25) is 0 Å². The summed E-state index contributed by atoms with van der Waals surface area (Å²) >= 11 is 0. The Bertz CT molecular complexity index is 1600. The molecule has 3 aromatic rings. The van der Waals surface area contributed by atoms with Gasteiger partial charge < -0.3 is 15.3 Å². The molecule has 1 fully saturated rings. The van der Waals surface area contributed by atoms with Crippen molar-refractivity contribution in [1.82, 2.24) is 24.3 Å². The molecule has 2 aromatic carbocycles. The normalized spacial score (nSPS) is 16.8. The number of amides is 2. The van der Waals surface area contributed by atoms with E-state index in [9.17, 15) is 36.7 Å². The molecule has 2 unspecified atom stereocenters. The highest BCUT2D eigenvalue weighted by atomic mass is 32.2. The van der Waals surface area contributed by atoms with Crippen LogP contribution < -0.4 is 5.32 Å². The first-order valence-corrected chi connectivity index (χ1v) is 14.4. The molecule has 1 aliphatic rings. The molecule has 0 spiro atoms. The van der Waals surface area contributed by atoms with Gasteiger partial charge in [-0.05, 0) is 48.0 Å². The summed E-state index contributed by atoms with van der Waals surface area (Å²) in [5.74, 6) is -4.16. The van der Waals surface area contributed by atoms with Crippen molar-refractivity contribution in [2.45, 2.75) is 49.7 Å². The van der Waals surface area contributed by atoms with Gasteiger partial charge in [0.2, 0.25) is 10.0 Å². The van der Waals surface area contributed by atoms with Crippen molar-refractivity contribution in [2.75, 3.05) is 13.1 Å². The summed E-state index contributed by atoms with van der Waals surface area (Å²) in [5.41, 5.74) is 0.564. The highest BCUT2D eigenvalue weighted by molar-refractivity contribution is 7.89. The number of nitrogens with one attached hydrogen (secondary N) is 1. The van der Waals surface area contributed by atoms with Crippen molar-refractivity contribution in [1.29, 1.82) is 0 Å². The molecule has 14 heteroatoms. The lowest BCUT2D eigenvalue weighted by molar-refractivity contribution is -0.138. The number of sulfonamides is 1. The third-order valence-corrected chi connectivity index (χ3v) is 8.75. The number of benzene rings is 2. The lowest BCUT2D eigenvalue weighted by Gasteiger charge is -2.30. The molecule has 2 N–H and O–H groups in total. The van der Waals surface area contributed by atoms with Gasteiger partial charge in [-0.1, -0.05) is 32.9 Å². The number of carbonyl (C=O) groups is 3. The average molecular weight is 604 g/mol. The Morgan fingerprint density at radius 2 is 1.60 bits per heavy atom. The van der Waals surface area contributed by atoms with E-state index in [4.69, 9.17) is 0 Å². The molecule has 2 atom stereocenters. The van der Waals surface area contributed by atoms with Gasteiger partial charge in [-0.2, -0.15) is 9.40 Å². The summed E-state index contributed by atoms with van der Waals surface area (Å²) in [6, 6.07) is 9.22. The first-order chi connectivity index (χ1) is 19.6. The van der Waals surface area contributed by atoms with Gasteiger partial charge in [0, 0.05) is 25.6 Å². The van der Waals surface area contributed by atoms with E-state index >= 15 is 0 Å². The number of hydrogen-bond donors (Lipinski definition) is 2. The Balaban J connectivity index is 1.75. The maximum Gasteiger partial charge on any atom is 0.305 e. The fourth-order valence-electron chi connectivity index (χ4n) is 4.63. The first kappa shape index (κ1) is 30.8. The lowest BCUT2D eigenvalue weighted by Crippen LogP contribution is -2.54. The summed E-state index contributed by atoms with van der Waals surface area (Å²) in [6.07, 6.45) is -2.32. The van der Waals surface area contributed by atoms with E-state index in [0.717, 1.165) is 45.6 Å². The van der Waals surface area contributed by atoms with E-state index in [2.05, 4.69) is 10.4 Å². The van der Waals surface area contributed by atoms with Gasteiger partial charge in [0.25, 0.3) is 11.8 Å². The van der Waals surface area contributed by atoms with Crippen LogP contribution >= 0.6 is 0 Å². The number of carbonyl (C=O) groups excluding carboxylic acids is 2. The molecule has 1 aliphatic heterocycles. The molecular weight excluding hydrogens is 572 g/mol. The number of carboxylic acid groups (broad SMARTS) is 1. The van der Waals surface area contributed by atoms with Gasteiger partial charge in [-0.3, -0.25) is 19.1 Å². The summed E-state index contributed by atoms with van der Waals surface area (Å²) < 4.78 is 56.6. The molecule has 2 heterocycles. The van der Waals surface area contributed by atoms with E-state index in [1.807, 2.05) is 20.8 Å². The van der Waals surface area contributed by atoms with Crippen LogP contribution in [0.1, 0.15) is 55.0 Å². The molecular formula is C28H31F2N5O6S. The van der Waals surface area contributed by atoms with Crippen LogP contribution in [0, 0.1) is 11.6 Å². The highest BCUT2D eigenvalue weighted by Crippen LogP contribution is 2.29. The Morgan fingerprint density at radius 3 is 2.12 bits per heavy atom. The Labute approximate surface area is 241 Å². The van der Waals surface area contributed by atoms with Gasteiger partial charge in [0.15, 0.2) is 6.17 Å². The lowest BCUT2D eigenvalue weighted by atomic mass is 9.92. The van der Waals surface area contributed by atoms with Gasteiger partial charge in [0.1, 0.15) is 17.3 Å². The number of carboxylic acids is 1. The van der Waals surface area contributed by atoms with Crippen LogP contribution in [-0.2, 0) is 32.1 Å². The summed E-state index contributed by atoms with van der Waals surface area (Å²) in [4.78, 5) is 40.1. The molecule has 1 saturated heterocycles. The summed E-state index contributed by atoms with van der Waals surface area (Å²) in [6.45, 7) is 5.28.